The summed E-state index contributed by atoms with van der Waals surface area (Å²) in [7, 11) is 0. The number of nitrogens with one attached hydrogen (secondary N) is 1. The van der Waals surface area contributed by atoms with Crippen molar-refractivity contribution < 1.29 is 13.2 Å². The number of aromatic nitrogens is 4. The Morgan fingerprint density at radius 3 is 2.60 bits per heavy atom. The molecule has 1 aromatic carbocycles. The fourth-order valence-corrected chi connectivity index (χ4v) is 2.69. The van der Waals surface area contributed by atoms with E-state index in [0.717, 1.165) is 12.5 Å². The molecular formula is C16H15F3N4O2. The van der Waals surface area contributed by atoms with E-state index < -0.39 is 22.9 Å². The van der Waals surface area contributed by atoms with Crippen molar-refractivity contribution in [2.45, 2.75) is 32.5 Å². The zero-order valence-corrected chi connectivity index (χ0v) is 13.3. The van der Waals surface area contributed by atoms with Gasteiger partial charge in [0.15, 0.2) is 0 Å². The first-order chi connectivity index (χ1) is 11.8. The molecule has 0 amide bonds. The summed E-state index contributed by atoms with van der Waals surface area (Å²) in [6.45, 7) is 2.17. The highest BCUT2D eigenvalue weighted by Gasteiger charge is 2.35. The van der Waals surface area contributed by atoms with Crippen LogP contribution in [0.3, 0.4) is 0 Å². The van der Waals surface area contributed by atoms with Gasteiger partial charge >= 0.3 is 17.3 Å². The average molecular weight is 352 g/mol. The second-order valence-corrected chi connectivity index (χ2v) is 5.62. The van der Waals surface area contributed by atoms with Crippen molar-refractivity contribution in [3.8, 4) is 5.69 Å². The van der Waals surface area contributed by atoms with Crippen LogP contribution < -0.4 is 11.1 Å². The third-order valence-corrected chi connectivity index (χ3v) is 3.92. The van der Waals surface area contributed by atoms with Gasteiger partial charge < -0.3 is 14.1 Å². The summed E-state index contributed by atoms with van der Waals surface area (Å²) in [6.07, 6.45) is 0.763. The normalized spacial score (nSPS) is 12.0. The summed E-state index contributed by atoms with van der Waals surface area (Å²) in [6, 6.07) is 2.11. The van der Waals surface area contributed by atoms with E-state index in [-0.39, 0.29) is 23.3 Å². The summed E-state index contributed by atoms with van der Waals surface area (Å²) in [5.74, 6) is 0. The molecule has 0 atom stereocenters. The largest absolute Gasteiger partial charge is 0.418 e. The van der Waals surface area contributed by atoms with Crippen LogP contribution >= 0.6 is 0 Å². The van der Waals surface area contributed by atoms with E-state index in [9.17, 15) is 22.8 Å². The number of unbranched alkanes of at least 4 members (excludes halogenated alkanes) is 1. The van der Waals surface area contributed by atoms with Gasteiger partial charge in [-0.1, -0.05) is 13.3 Å². The standard InChI is InChI=1S/C16H15F3N4O2/c1-2-3-5-23-13-8-12(22-6-4-20-9-22)10(16(17,18)19)7-11(13)21-14(24)15(23)25/h4,6-9H,2-3,5H2,1H3,(H,21,24). The molecule has 0 aliphatic rings. The summed E-state index contributed by atoms with van der Waals surface area (Å²) >= 11 is 0. The van der Waals surface area contributed by atoms with E-state index in [1.54, 1.807) is 0 Å². The SMILES string of the molecule is CCCCn1c(=O)c(=O)[nH]c2cc(C(F)(F)F)c(-n3ccnc3)cc21. The van der Waals surface area contributed by atoms with Gasteiger partial charge in [-0.2, -0.15) is 13.2 Å². The number of aryl methyl sites for hydroxylation is 1. The predicted molar refractivity (Wildman–Crippen MR) is 85.9 cm³/mol. The lowest BCUT2D eigenvalue weighted by atomic mass is 10.1. The molecule has 0 unspecified atom stereocenters. The van der Waals surface area contributed by atoms with Gasteiger partial charge in [-0.05, 0) is 18.6 Å². The first kappa shape index (κ1) is 17.0. The topological polar surface area (TPSA) is 72.7 Å². The summed E-state index contributed by atoms with van der Waals surface area (Å²) in [5.41, 5.74) is -2.58. The third-order valence-electron chi connectivity index (χ3n) is 3.92. The molecule has 132 valence electrons. The minimum absolute atomic E-state index is 0.0307. The number of imidazole rings is 1. The van der Waals surface area contributed by atoms with E-state index in [4.69, 9.17) is 0 Å². The lowest BCUT2D eigenvalue weighted by molar-refractivity contribution is -0.137. The molecule has 3 aromatic rings. The van der Waals surface area contributed by atoms with Crippen molar-refractivity contribution in [2.24, 2.45) is 0 Å². The minimum atomic E-state index is -4.63. The molecule has 25 heavy (non-hydrogen) atoms. The lowest BCUT2D eigenvalue weighted by Crippen LogP contribution is -2.36. The third kappa shape index (κ3) is 3.09. The first-order valence-electron chi connectivity index (χ1n) is 7.69. The summed E-state index contributed by atoms with van der Waals surface area (Å²) in [5, 5.41) is 0. The van der Waals surface area contributed by atoms with Crippen LogP contribution in [-0.2, 0) is 12.7 Å². The zero-order chi connectivity index (χ0) is 18.2. The number of aromatic amines is 1. The molecule has 0 radical (unpaired) electrons. The predicted octanol–water partition coefficient (Wildman–Crippen LogP) is 2.69. The van der Waals surface area contributed by atoms with Crippen LogP contribution in [0.15, 0.2) is 40.4 Å². The van der Waals surface area contributed by atoms with Crippen LogP contribution in [-0.4, -0.2) is 19.1 Å². The molecule has 9 heteroatoms. The molecule has 0 aliphatic heterocycles. The number of hydrogen-bond acceptors (Lipinski definition) is 3. The molecule has 0 saturated carbocycles. The van der Waals surface area contributed by atoms with Gasteiger partial charge in [0.05, 0.1) is 28.6 Å². The quantitative estimate of drug-likeness (QED) is 0.734. The summed E-state index contributed by atoms with van der Waals surface area (Å²) in [4.78, 5) is 30.0. The van der Waals surface area contributed by atoms with Crippen molar-refractivity contribution in [1.82, 2.24) is 19.1 Å². The van der Waals surface area contributed by atoms with Gasteiger partial charge in [-0.3, -0.25) is 9.59 Å². The van der Waals surface area contributed by atoms with Gasteiger partial charge in [0, 0.05) is 18.9 Å². The average Bonchev–Trinajstić information content (AvgIpc) is 3.08. The number of hydrogen-bond donors (Lipinski definition) is 1. The van der Waals surface area contributed by atoms with Crippen LogP contribution in [0.2, 0.25) is 0 Å². The number of benzene rings is 1. The molecule has 0 saturated heterocycles. The Bertz CT molecular complexity index is 1020. The Hall–Kier alpha value is -2.84. The number of nitrogens with zero attached hydrogens (tertiary/aromatic N) is 3. The van der Waals surface area contributed by atoms with Gasteiger partial charge in [-0.25, -0.2) is 4.98 Å². The van der Waals surface area contributed by atoms with Crippen molar-refractivity contribution in [3.05, 3.63) is 57.1 Å². The second-order valence-electron chi connectivity index (χ2n) is 5.62. The first-order valence-corrected chi connectivity index (χ1v) is 7.69. The smallest absolute Gasteiger partial charge is 0.316 e. The Morgan fingerprint density at radius 2 is 2.00 bits per heavy atom. The lowest BCUT2D eigenvalue weighted by Gasteiger charge is -2.17. The molecular weight excluding hydrogens is 337 g/mol. The molecule has 0 bridgehead atoms. The molecule has 1 N–H and O–H groups in total. The van der Waals surface area contributed by atoms with Crippen molar-refractivity contribution >= 4 is 11.0 Å². The maximum atomic E-state index is 13.5. The fraction of sp³-hybridized carbons (Fsp3) is 0.312. The summed E-state index contributed by atoms with van der Waals surface area (Å²) < 4.78 is 42.8. The van der Waals surface area contributed by atoms with Gasteiger partial charge in [-0.15, -0.1) is 0 Å². The van der Waals surface area contributed by atoms with Crippen LogP contribution in [0.5, 0.6) is 0 Å². The maximum Gasteiger partial charge on any atom is 0.418 e. The number of H-pyrrole nitrogens is 1. The number of fused-ring (bicyclic) bond motifs is 1. The Balaban J connectivity index is 2.39. The van der Waals surface area contributed by atoms with Crippen LogP contribution in [0.4, 0.5) is 13.2 Å². The number of rotatable bonds is 4. The van der Waals surface area contributed by atoms with Crippen LogP contribution in [0.1, 0.15) is 25.3 Å². The molecule has 0 fully saturated rings. The molecule has 6 nitrogen and oxygen atoms in total. The van der Waals surface area contributed by atoms with Crippen LogP contribution in [0, 0.1) is 0 Å². The number of alkyl halides is 3. The van der Waals surface area contributed by atoms with Gasteiger partial charge in [0.2, 0.25) is 0 Å². The van der Waals surface area contributed by atoms with Gasteiger partial charge in [0.1, 0.15) is 0 Å². The van der Waals surface area contributed by atoms with Crippen LogP contribution in [0.25, 0.3) is 16.7 Å². The highest BCUT2D eigenvalue weighted by molar-refractivity contribution is 5.79. The second kappa shape index (κ2) is 6.23. The number of halogens is 3. The Morgan fingerprint density at radius 1 is 1.24 bits per heavy atom. The van der Waals surface area contributed by atoms with Crippen molar-refractivity contribution in [1.29, 1.82) is 0 Å². The maximum absolute atomic E-state index is 13.5. The molecule has 2 aromatic heterocycles. The Labute approximate surface area is 139 Å². The molecule has 2 heterocycles. The van der Waals surface area contributed by atoms with E-state index in [1.165, 1.54) is 33.9 Å². The highest BCUT2D eigenvalue weighted by Crippen LogP contribution is 2.35. The van der Waals surface area contributed by atoms with E-state index in [1.807, 2.05) is 6.92 Å². The van der Waals surface area contributed by atoms with E-state index in [0.29, 0.717) is 6.42 Å². The monoisotopic (exact) mass is 352 g/mol. The van der Waals surface area contributed by atoms with Crippen molar-refractivity contribution in [3.63, 3.8) is 0 Å². The highest BCUT2D eigenvalue weighted by atomic mass is 19.4. The zero-order valence-electron chi connectivity index (χ0n) is 13.3. The van der Waals surface area contributed by atoms with Gasteiger partial charge in [0.25, 0.3) is 0 Å². The van der Waals surface area contributed by atoms with E-state index in [2.05, 4.69) is 9.97 Å². The molecule has 0 aliphatic carbocycles. The van der Waals surface area contributed by atoms with E-state index >= 15 is 0 Å². The Kier molecular flexibility index (Phi) is 4.23. The molecule has 3 rings (SSSR count). The van der Waals surface area contributed by atoms with Crippen molar-refractivity contribution in [2.75, 3.05) is 0 Å². The fourth-order valence-electron chi connectivity index (χ4n) is 2.69. The molecule has 0 spiro atoms. The minimum Gasteiger partial charge on any atom is -0.316 e.